The molecule has 2 amide bonds. The average molecular weight is 605 g/mol. The highest BCUT2D eigenvalue weighted by atomic mass is 35.5. The molecule has 3 aromatic carbocycles. The van der Waals surface area contributed by atoms with Crippen LogP contribution in [0.25, 0.3) is 0 Å². The second-order valence-corrected chi connectivity index (χ2v) is 10.3. The summed E-state index contributed by atoms with van der Waals surface area (Å²) in [6, 6.07) is 15.9. The third kappa shape index (κ3) is 8.45. The van der Waals surface area contributed by atoms with Gasteiger partial charge in [0.1, 0.15) is 12.6 Å². The van der Waals surface area contributed by atoms with Crippen molar-refractivity contribution in [2.24, 2.45) is 0 Å². The van der Waals surface area contributed by atoms with E-state index in [9.17, 15) is 14.4 Å². The number of likely N-dealkylation sites (N-methyl/N-ethyl adjacent to an activating group) is 1. The van der Waals surface area contributed by atoms with Crippen molar-refractivity contribution in [2.75, 3.05) is 31.6 Å². The summed E-state index contributed by atoms with van der Waals surface area (Å²) in [5.41, 5.74) is 2.44. The number of aryl methyl sites for hydroxylation is 1. The maximum Gasteiger partial charge on any atom is 0.329 e. The number of amides is 2. The summed E-state index contributed by atoms with van der Waals surface area (Å²) < 4.78 is 5.55. The summed E-state index contributed by atoms with van der Waals surface area (Å²) in [5.74, 6) is -1.45. The molecule has 0 aliphatic heterocycles. The van der Waals surface area contributed by atoms with Gasteiger partial charge in [-0.15, -0.1) is 0 Å². The molecule has 0 aliphatic rings. The monoisotopic (exact) mass is 603 g/mol. The maximum atomic E-state index is 13.2. The molecule has 7 nitrogen and oxygen atoms in total. The van der Waals surface area contributed by atoms with Crippen LogP contribution in [0.2, 0.25) is 15.1 Å². The van der Waals surface area contributed by atoms with Crippen molar-refractivity contribution in [3.8, 4) is 0 Å². The zero-order chi connectivity index (χ0) is 29.2. The third-order valence-electron chi connectivity index (χ3n) is 6.43. The predicted molar refractivity (Wildman–Crippen MR) is 161 cm³/mol. The number of nitrogens with one attached hydrogen (secondary N) is 2. The molecule has 0 unspecified atom stereocenters. The van der Waals surface area contributed by atoms with Crippen molar-refractivity contribution in [3.63, 3.8) is 0 Å². The largest absolute Gasteiger partial charge is 0.463 e. The highest BCUT2D eigenvalue weighted by molar-refractivity contribution is 6.40. The molecule has 2 N–H and O–H groups in total. The summed E-state index contributed by atoms with van der Waals surface area (Å²) in [7, 11) is 0. The number of hydrogen-bond donors (Lipinski definition) is 2. The lowest BCUT2D eigenvalue weighted by atomic mass is 10.0. The summed E-state index contributed by atoms with van der Waals surface area (Å²) in [6.07, 6.45) is 0.171. The molecular weight excluding hydrogens is 573 g/mol. The van der Waals surface area contributed by atoms with E-state index in [1.165, 1.54) is 0 Å². The van der Waals surface area contributed by atoms with Crippen LogP contribution in [0.3, 0.4) is 0 Å². The highest BCUT2D eigenvalue weighted by Crippen LogP contribution is 2.25. The standard InChI is InChI=1S/C30H32Cl3N3O4/c1-4-36(5-2)16-17-40-30(39)25(35-28(37)26-19(3)8-6-9-22(26)31)18-20-12-14-21(15-13-20)34-29(38)27-23(32)10-7-11-24(27)33/h6-15,25H,4-5,16-18H2,1-3H3,(H,34,38)(H,35,37)/t25-/m1/s1. The molecule has 0 saturated heterocycles. The van der Waals surface area contributed by atoms with Crippen LogP contribution in [-0.4, -0.2) is 55.0 Å². The molecule has 0 aliphatic carbocycles. The van der Waals surface area contributed by atoms with Gasteiger partial charge in [-0.25, -0.2) is 4.79 Å². The number of anilines is 1. The molecule has 0 spiro atoms. The van der Waals surface area contributed by atoms with Crippen molar-refractivity contribution in [1.29, 1.82) is 0 Å². The van der Waals surface area contributed by atoms with Gasteiger partial charge in [0, 0.05) is 18.7 Å². The number of nitrogens with zero attached hydrogens (tertiary/aromatic N) is 1. The maximum absolute atomic E-state index is 13.2. The minimum atomic E-state index is -0.956. The van der Waals surface area contributed by atoms with E-state index >= 15 is 0 Å². The van der Waals surface area contributed by atoms with Crippen LogP contribution in [0.4, 0.5) is 5.69 Å². The molecule has 0 radical (unpaired) electrons. The lowest BCUT2D eigenvalue weighted by Crippen LogP contribution is -2.44. The Kier molecular flexibility index (Phi) is 11.8. The number of esters is 1. The van der Waals surface area contributed by atoms with Crippen LogP contribution in [0, 0.1) is 6.92 Å². The first-order chi connectivity index (χ1) is 19.1. The number of halogens is 3. The van der Waals surface area contributed by atoms with Crippen LogP contribution < -0.4 is 10.6 Å². The quantitative estimate of drug-likeness (QED) is 0.233. The SMILES string of the molecule is CCN(CC)CCOC(=O)[C@@H](Cc1ccc(NC(=O)c2c(Cl)cccc2Cl)cc1)NC(=O)c1c(C)cccc1Cl. The molecule has 212 valence electrons. The summed E-state index contributed by atoms with van der Waals surface area (Å²) in [6.45, 7) is 8.32. The Morgan fingerprint density at radius 1 is 0.825 bits per heavy atom. The third-order valence-corrected chi connectivity index (χ3v) is 7.37. The Bertz CT molecular complexity index is 1300. The summed E-state index contributed by atoms with van der Waals surface area (Å²) in [5, 5.41) is 6.35. The molecule has 0 heterocycles. The van der Waals surface area contributed by atoms with Gasteiger partial charge in [0.15, 0.2) is 0 Å². The number of benzene rings is 3. The van der Waals surface area contributed by atoms with Crippen molar-refractivity contribution < 1.29 is 19.1 Å². The van der Waals surface area contributed by atoms with E-state index in [1.807, 2.05) is 13.8 Å². The Labute approximate surface area is 249 Å². The van der Waals surface area contributed by atoms with E-state index in [0.29, 0.717) is 28.4 Å². The van der Waals surface area contributed by atoms with Gasteiger partial charge in [-0.2, -0.15) is 0 Å². The zero-order valence-electron chi connectivity index (χ0n) is 22.6. The molecule has 0 fully saturated rings. The first-order valence-electron chi connectivity index (χ1n) is 12.9. The van der Waals surface area contributed by atoms with Crippen molar-refractivity contribution >= 4 is 58.3 Å². The van der Waals surface area contributed by atoms with E-state index in [1.54, 1.807) is 67.6 Å². The van der Waals surface area contributed by atoms with Gasteiger partial charge < -0.3 is 20.3 Å². The minimum Gasteiger partial charge on any atom is -0.463 e. The first kappa shape index (κ1) is 31.4. The normalized spacial score (nSPS) is 11.7. The van der Waals surface area contributed by atoms with Crippen LogP contribution in [-0.2, 0) is 16.0 Å². The van der Waals surface area contributed by atoms with E-state index in [2.05, 4.69) is 15.5 Å². The molecule has 0 bridgehead atoms. The molecule has 3 aromatic rings. The van der Waals surface area contributed by atoms with E-state index < -0.39 is 23.8 Å². The zero-order valence-corrected chi connectivity index (χ0v) is 24.9. The van der Waals surface area contributed by atoms with Crippen LogP contribution in [0.1, 0.15) is 45.7 Å². The van der Waals surface area contributed by atoms with Crippen molar-refractivity contribution in [3.05, 3.63) is 98.0 Å². The van der Waals surface area contributed by atoms with Crippen LogP contribution >= 0.6 is 34.8 Å². The van der Waals surface area contributed by atoms with E-state index in [-0.39, 0.29) is 28.6 Å². The molecule has 0 saturated carbocycles. The summed E-state index contributed by atoms with van der Waals surface area (Å²) in [4.78, 5) is 41.1. The number of ether oxygens (including phenoxy) is 1. The fraction of sp³-hybridized carbons (Fsp3) is 0.300. The van der Waals surface area contributed by atoms with Crippen molar-refractivity contribution in [1.82, 2.24) is 10.2 Å². The Hall–Kier alpha value is -3.10. The summed E-state index contributed by atoms with van der Waals surface area (Å²) >= 11 is 18.6. The molecule has 40 heavy (non-hydrogen) atoms. The number of carbonyl (C=O) groups is 3. The van der Waals surface area contributed by atoms with Gasteiger partial charge in [-0.05, 0) is 61.5 Å². The molecule has 10 heteroatoms. The average Bonchev–Trinajstić information content (AvgIpc) is 2.91. The Morgan fingerprint density at radius 2 is 1.40 bits per heavy atom. The highest BCUT2D eigenvalue weighted by Gasteiger charge is 2.25. The Morgan fingerprint density at radius 3 is 1.98 bits per heavy atom. The minimum absolute atomic E-state index is 0.171. The fourth-order valence-corrected chi connectivity index (χ4v) is 5.00. The second-order valence-electron chi connectivity index (χ2n) is 9.10. The molecular formula is C30H32Cl3N3O4. The lowest BCUT2D eigenvalue weighted by molar-refractivity contribution is -0.146. The van der Waals surface area contributed by atoms with Gasteiger partial charge in [0.2, 0.25) is 0 Å². The molecule has 1 atom stereocenters. The second kappa shape index (κ2) is 15.1. The van der Waals surface area contributed by atoms with Crippen LogP contribution in [0.15, 0.2) is 60.7 Å². The van der Waals surface area contributed by atoms with Gasteiger partial charge in [0.25, 0.3) is 11.8 Å². The van der Waals surface area contributed by atoms with E-state index in [0.717, 1.165) is 18.7 Å². The van der Waals surface area contributed by atoms with Gasteiger partial charge >= 0.3 is 5.97 Å². The smallest absolute Gasteiger partial charge is 0.329 e. The molecule has 3 rings (SSSR count). The molecule has 0 aromatic heterocycles. The lowest BCUT2D eigenvalue weighted by Gasteiger charge is -2.21. The first-order valence-corrected chi connectivity index (χ1v) is 14.1. The van der Waals surface area contributed by atoms with E-state index in [4.69, 9.17) is 39.5 Å². The Balaban J connectivity index is 1.75. The van der Waals surface area contributed by atoms with Gasteiger partial charge in [0.05, 0.1) is 26.2 Å². The number of carbonyl (C=O) groups excluding carboxylic acids is 3. The fourth-order valence-electron chi connectivity index (χ4n) is 4.13. The van der Waals surface area contributed by atoms with Gasteiger partial charge in [-0.1, -0.05) is 79.0 Å². The topological polar surface area (TPSA) is 87.7 Å². The van der Waals surface area contributed by atoms with Crippen LogP contribution in [0.5, 0.6) is 0 Å². The van der Waals surface area contributed by atoms with Crippen molar-refractivity contribution in [2.45, 2.75) is 33.2 Å². The van der Waals surface area contributed by atoms with Gasteiger partial charge in [-0.3, -0.25) is 9.59 Å². The number of hydrogen-bond acceptors (Lipinski definition) is 5. The number of rotatable bonds is 12. The predicted octanol–water partition coefficient (Wildman–Crippen LogP) is 6.43.